The lowest BCUT2D eigenvalue weighted by atomic mass is 10.1. The van der Waals surface area contributed by atoms with E-state index in [1.54, 1.807) is 12.1 Å². The molecule has 0 fully saturated rings. The zero-order chi connectivity index (χ0) is 18.9. The summed E-state index contributed by atoms with van der Waals surface area (Å²) in [4.78, 5) is 12.6. The molecule has 1 amide bonds. The Morgan fingerprint density at radius 1 is 1.19 bits per heavy atom. The van der Waals surface area contributed by atoms with Gasteiger partial charge in [-0.05, 0) is 48.3 Å². The third kappa shape index (κ3) is 6.77. The molecule has 2 aromatic carbocycles. The second kappa shape index (κ2) is 10.3. The van der Waals surface area contributed by atoms with Gasteiger partial charge in [-0.15, -0.1) is 0 Å². The summed E-state index contributed by atoms with van der Waals surface area (Å²) in [5, 5.41) is 6.04. The molecule has 4 nitrogen and oxygen atoms in total. The summed E-state index contributed by atoms with van der Waals surface area (Å²) < 4.78 is 6.60. The van der Waals surface area contributed by atoms with E-state index in [4.69, 9.17) is 17.0 Å². The van der Waals surface area contributed by atoms with Crippen LogP contribution in [0.15, 0.2) is 53.0 Å². The van der Waals surface area contributed by atoms with Gasteiger partial charge in [0.1, 0.15) is 5.75 Å². The molecule has 0 aliphatic rings. The Kier molecular flexibility index (Phi) is 8.06. The minimum absolute atomic E-state index is 0.284. The monoisotopic (exact) mass is 434 g/mol. The topological polar surface area (TPSA) is 50.4 Å². The molecule has 0 bridgehead atoms. The Bertz CT molecular complexity index is 751. The summed E-state index contributed by atoms with van der Waals surface area (Å²) in [6, 6.07) is 15.2. The van der Waals surface area contributed by atoms with Crippen molar-refractivity contribution in [3.63, 3.8) is 0 Å². The van der Waals surface area contributed by atoms with E-state index in [0.717, 1.165) is 16.5 Å². The van der Waals surface area contributed by atoms with Crippen molar-refractivity contribution in [2.45, 2.75) is 26.8 Å². The second-order valence-electron chi connectivity index (χ2n) is 6.29. The van der Waals surface area contributed by atoms with Crippen molar-refractivity contribution in [2.75, 3.05) is 6.61 Å². The maximum Gasteiger partial charge on any atom is 0.261 e. The smallest absolute Gasteiger partial charge is 0.261 e. The lowest BCUT2D eigenvalue weighted by molar-refractivity contribution is 0.0972. The van der Waals surface area contributed by atoms with Crippen LogP contribution in [-0.4, -0.2) is 17.6 Å². The minimum Gasteiger partial charge on any atom is -0.493 e. The molecule has 0 aliphatic heterocycles. The normalized spacial score (nSPS) is 10.5. The van der Waals surface area contributed by atoms with E-state index in [9.17, 15) is 4.79 Å². The van der Waals surface area contributed by atoms with Crippen LogP contribution in [0.5, 0.6) is 5.75 Å². The number of benzene rings is 2. The second-order valence-corrected chi connectivity index (χ2v) is 7.62. The van der Waals surface area contributed by atoms with Crippen molar-refractivity contribution in [1.29, 1.82) is 0 Å². The molecule has 0 atom stereocenters. The van der Waals surface area contributed by atoms with Crippen LogP contribution in [0.2, 0.25) is 0 Å². The van der Waals surface area contributed by atoms with Crippen LogP contribution in [0, 0.1) is 5.92 Å². The molecule has 0 spiro atoms. The fourth-order valence-corrected chi connectivity index (χ4v) is 2.73. The molecule has 2 rings (SSSR count). The van der Waals surface area contributed by atoms with Gasteiger partial charge in [-0.25, -0.2) is 0 Å². The summed E-state index contributed by atoms with van der Waals surface area (Å²) in [5.74, 6) is 0.797. The van der Waals surface area contributed by atoms with Gasteiger partial charge in [-0.2, -0.15) is 0 Å². The van der Waals surface area contributed by atoms with Crippen LogP contribution in [-0.2, 0) is 6.54 Å². The predicted octanol–water partition coefficient (Wildman–Crippen LogP) is 4.68. The fraction of sp³-hybridized carbons (Fsp3) is 0.300. The minimum atomic E-state index is -0.295. The van der Waals surface area contributed by atoms with E-state index >= 15 is 0 Å². The number of rotatable bonds is 7. The molecule has 0 saturated heterocycles. The molecule has 0 saturated carbocycles. The maximum atomic E-state index is 12.6. The molecule has 0 unspecified atom stereocenters. The van der Waals surface area contributed by atoms with Crippen molar-refractivity contribution < 1.29 is 9.53 Å². The van der Waals surface area contributed by atoms with E-state index in [1.807, 2.05) is 36.4 Å². The zero-order valence-electron chi connectivity index (χ0n) is 14.9. The summed E-state index contributed by atoms with van der Waals surface area (Å²) in [6.45, 7) is 5.39. The third-order valence-corrected chi connectivity index (χ3v) is 4.40. The van der Waals surface area contributed by atoms with E-state index in [1.165, 1.54) is 0 Å². The van der Waals surface area contributed by atoms with Gasteiger partial charge in [0.15, 0.2) is 5.11 Å². The highest BCUT2D eigenvalue weighted by Crippen LogP contribution is 2.23. The van der Waals surface area contributed by atoms with Crippen LogP contribution in [0.4, 0.5) is 0 Å². The standard InChI is InChI=1S/C20H23BrN2O2S/c1-14(2)10-11-25-18-9-8-16(21)12-17(18)19(24)23-20(26)22-13-15-6-4-3-5-7-15/h3-9,12,14H,10-11,13H2,1-2H3,(H2,22,23,24,26). The average molecular weight is 435 g/mol. The number of halogens is 1. The fourth-order valence-electron chi connectivity index (χ4n) is 2.20. The highest BCUT2D eigenvalue weighted by Gasteiger charge is 2.15. The number of thiocarbonyl (C=S) groups is 1. The van der Waals surface area contributed by atoms with E-state index < -0.39 is 0 Å². The van der Waals surface area contributed by atoms with Gasteiger partial charge in [-0.3, -0.25) is 10.1 Å². The summed E-state index contributed by atoms with van der Waals surface area (Å²) in [7, 11) is 0. The quantitative estimate of drug-likeness (QED) is 0.621. The highest BCUT2D eigenvalue weighted by atomic mass is 79.9. The van der Waals surface area contributed by atoms with Crippen molar-refractivity contribution in [2.24, 2.45) is 5.92 Å². The zero-order valence-corrected chi connectivity index (χ0v) is 17.3. The third-order valence-electron chi connectivity index (χ3n) is 3.66. The Morgan fingerprint density at radius 2 is 1.92 bits per heavy atom. The number of carbonyl (C=O) groups is 1. The molecule has 0 heterocycles. The van der Waals surface area contributed by atoms with Crippen LogP contribution >= 0.6 is 28.1 Å². The molecule has 26 heavy (non-hydrogen) atoms. The van der Waals surface area contributed by atoms with E-state index in [0.29, 0.717) is 30.4 Å². The molecule has 6 heteroatoms. The number of ether oxygens (including phenoxy) is 1. The first-order valence-electron chi connectivity index (χ1n) is 8.51. The number of nitrogens with one attached hydrogen (secondary N) is 2. The molecule has 0 aliphatic carbocycles. The van der Waals surface area contributed by atoms with Crippen molar-refractivity contribution in [3.05, 3.63) is 64.1 Å². The van der Waals surface area contributed by atoms with Gasteiger partial charge in [0.2, 0.25) is 0 Å². The number of carbonyl (C=O) groups excluding carboxylic acids is 1. The maximum absolute atomic E-state index is 12.6. The number of amides is 1. The van der Waals surface area contributed by atoms with Crippen LogP contribution in [0.1, 0.15) is 36.2 Å². The highest BCUT2D eigenvalue weighted by molar-refractivity contribution is 9.10. The summed E-state index contributed by atoms with van der Waals surface area (Å²) in [5.41, 5.74) is 1.54. The number of hydrogen-bond donors (Lipinski definition) is 2. The average Bonchev–Trinajstić information content (AvgIpc) is 2.61. The molecule has 138 valence electrons. The molecule has 2 aromatic rings. The molecular weight excluding hydrogens is 412 g/mol. The van der Waals surface area contributed by atoms with E-state index in [-0.39, 0.29) is 11.0 Å². The Balaban J connectivity index is 1.96. The summed E-state index contributed by atoms with van der Waals surface area (Å²) in [6.07, 6.45) is 0.925. The van der Waals surface area contributed by atoms with Crippen molar-refractivity contribution in [1.82, 2.24) is 10.6 Å². The molecule has 0 radical (unpaired) electrons. The largest absolute Gasteiger partial charge is 0.493 e. The first-order valence-corrected chi connectivity index (χ1v) is 9.71. The first kappa shape index (κ1) is 20.4. The van der Waals surface area contributed by atoms with Crippen LogP contribution in [0.25, 0.3) is 0 Å². The van der Waals surface area contributed by atoms with Crippen molar-refractivity contribution >= 4 is 39.2 Å². The molecule has 0 aromatic heterocycles. The Hall–Kier alpha value is -1.92. The van der Waals surface area contributed by atoms with Gasteiger partial charge >= 0.3 is 0 Å². The van der Waals surface area contributed by atoms with Gasteiger partial charge in [0.25, 0.3) is 5.91 Å². The predicted molar refractivity (Wildman–Crippen MR) is 112 cm³/mol. The molecule has 2 N–H and O–H groups in total. The summed E-state index contributed by atoms with van der Waals surface area (Å²) >= 11 is 8.63. The van der Waals surface area contributed by atoms with E-state index in [2.05, 4.69) is 40.4 Å². The first-order chi connectivity index (χ1) is 12.5. The van der Waals surface area contributed by atoms with Gasteiger partial charge in [0, 0.05) is 11.0 Å². The SMILES string of the molecule is CC(C)CCOc1ccc(Br)cc1C(=O)NC(=S)NCc1ccccc1. The van der Waals surface area contributed by atoms with Crippen LogP contribution < -0.4 is 15.4 Å². The van der Waals surface area contributed by atoms with Gasteiger partial charge < -0.3 is 10.1 Å². The number of hydrogen-bond acceptors (Lipinski definition) is 3. The van der Waals surface area contributed by atoms with Crippen molar-refractivity contribution in [3.8, 4) is 5.75 Å². The van der Waals surface area contributed by atoms with Gasteiger partial charge in [0.05, 0.1) is 12.2 Å². The lowest BCUT2D eigenvalue weighted by Gasteiger charge is -2.14. The van der Waals surface area contributed by atoms with Gasteiger partial charge in [-0.1, -0.05) is 60.1 Å². The lowest BCUT2D eigenvalue weighted by Crippen LogP contribution is -2.39. The Labute approximate surface area is 168 Å². The molecular formula is C20H23BrN2O2S. The Morgan fingerprint density at radius 3 is 2.62 bits per heavy atom. The van der Waals surface area contributed by atoms with Crippen LogP contribution in [0.3, 0.4) is 0 Å².